The summed E-state index contributed by atoms with van der Waals surface area (Å²) in [6.07, 6.45) is 3.98. The van der Waals surface area contributed by atoms with Gasteiger partial charge in [-0.3, -0.25) is 4.79 Å². The van der Waals surface area contributed by atoms with E-state index in [2.05, 4.69) is 6.08 Å². The topological polar surface area (TPSA) is 17.1 Å². The van der Waals surface area contributed by atoms with Gasteiger partial charge < -0.3 is 0 Å². The van der Waals surface area contributed by atoms with Crippen LogP contribution in [0.15, 0.2) is 11.6 Å². The molecule has 36 valence electrons. The third kappa shape index (κ3) is 0.303. The molecule has 0 bridgehead atoms. The van der Waals surface area contributed by atoms with Crippen LogP contribution < -0.4 is 0 Å². The summed E-state index contributed by atoms with van der Waals surface area (Å²) in [5.41, 5.74) is 1.11. The van der Waals surface area contributed by atoms with Crippen molar-refractivity contribution < 1.29 is 4.79 Å². The number of allylic oxidation sites excluding steroid dienone is 2. The van der Waals surface area contributed by atoms with E-state index in [0.29, 0.717) is 11.7 Å². The average molecular weight is 94.1 g/mol. The zero-order valence-corrected chi connectivity index (χ0v) is 3.98. The minimum absolute atomic E-state index is 0.394. The lowest BCUT2D eigenvalue weighted by atomic mass is 10.3. The van der Waals surface area contributed by atoms with Crippen LogP contribution in [-0.4, -0.2) is 5.78 Å². The lowest BCUT2D eigenvalue weighted by Gasteiger charge is -1.77. The number of hydrogen-bond donors (Lipinski definition) is 0. The summed E-state index contributed by atoms with van der Waals surface area (Å²) in [7, 11) is 0. The number of ketones is 1. The largest absolute Gasteiger partial charge is 0.295 e. The molecule has 1 fully saturated rings. The van der Waals surface area contributed by atoms with Crippen molar-refractivity contribution in [1.29, 1.82) is 0 Å². The van der Waals surface area contributed by atoms with Crippen LogP contribution in [-0.2, 0) is 4.79 Å². The summed E-state index contributed by atoms with van der Waals surface area (Å²) in [5, 5.41) is 0. The monoisotopic (exact) mass is 94.0 g/mol. The van der Waals surface area contributed by atoms with Gasteiger partial charge in [0.25, 0.3) is 0 Å². The number of fused-ring (bicyclic) bond motifs is 1. The highest BCUT2D eigenvalue weighted by Gasteiger charge is 2.36. The third-order valence-corrected chi connectivity index (χ3v) is 1.68. The van der Waals surface area contributed by atoms with Gasteiger partial charge in [-0.2, -0.15) is 0 Å². The van der Waals surface area contributed by atoms with Crippen molar-refractivity contribution in [2.24, 2.45) is 5.92 Å². The van der Waals surface area contributed by atoms with Gasteiger partial charge in [0.15, 0.2) is 5.78 Å². The summed E-state index contributed by atoms with van der Waals surface area (Å²) in [5.74, 6) is 1.03. The molecule has 0 aromatic carbocycles. The Morgan fingerprint density at radius 1 is 1.71 bits per heavy atom. The van der Waals surface area contributed by atoms with E-state index in [4.69, 9.17) is 0 Å². The van der Waals surface area contributed by atoms with E-state index in [1.165, 1.54) is 0 Å². The van der Waals surface area contributed by atoms with Gasteiger partial charge in [-0.25, -0.2) is 0 Å². The van der Waals surface area contributed by atoms with Crippen LogP contribution in [0.4, 0.5) is 0 Å². The molecule has 7 heavy (non-hydrogen) atoms. The first-order valence-corrected chi connectivity index (χ1v) is 2.63. The molecule has 0 heterocycles. The molecule has 1 atom stereocenters. The number of carbonyl (C=O) groups excluding carboxylic acids is 1. The first-order chi connectivity index (χ1) is 3.38. The van der Waals surface area contributed by atoms with E-state index >= 15 is 0 Å². The molecule has 0 saturated heterocycles. The van der Waals surface area contributed by atoms with Crippen LogP contribution in [0.5, 0.6) is 0 Å². The Hall–Kier alpha value is -0.590. The van der Waals surface area contributed by atoms with Gasteiger partial charge in [0, 0.05) is 12.3 Å². The second kappa shape index (κ2) is 0.808. The minimum Gasteiger partial charge on any atom is -0.295 e. The zero-order chi connectivity index (χ0) is 4.85. The maximum Gasteiger partial charge on any atom is 0.159 e. The van der Waals surface area contributed by atoms with Crippen molar-refractivity contribution in [1.82, 2.24) is 0 Å². The Kier molecular flexibility index (Phi) is 0.394. The van der Waals surface area contributed by atoms with Gasteiger partial charge in [0.1, 0.15) is 0 Å². The Bertz CT molecular complexity index is 156. The SMILES string of the molecule is O=C1CCC2C=C12. The number of rotatable bonds is 0. The quantitative estimate of drug-likeness (QED) is 0.436. The van der Waals surface area contributed by atoms with E-state index in [0.717, 1.165) is 18.4 Å². The molecular weight excluding hydrogens is 88.1 g/mol. The highest BCUT2D eigenvalue weighted by atomic mass is 16.1. The van der Waals surface area contributed by atoms with Gasteiger partial charge in [-0.1, -0.05) is 6.08 Å². The van der Waals surface area contributed by atoms with Gasteiger partial charge in [0.05, 0.1) is 0 Å². The highest BCUT2D eigenvalue weighted by molar-refractivity contribution is 6.02. The molecule has 0 N–H and O–H groups in total. The highest BCUT2D eigenvalue weighted by Crippen LogP contribution is 2.41. The standard InChI is InChI=1S/C6H6O/c7-6-2-1-4-3-5(4)6/h3-4H,1-2H2. The number of hydrogen-bond acceptors (Lipinski definition) is 1. The van der Waals surface area contributed by atoms with E-state index in [1.54, 1.807) is 0 Å². The molecule has 0 radical (unpaired) electrons. The fraction of sp³-hybridized carbons (Fsp3) is 0.500. The molecule has 2 aliphatic rings. The molecule has 0 amide bonds. The molecule has 1 unspecified atom stereocenters. The van der Waals surface area contributed by atoms with Crippen LogP contribution in [0, 0.1) is 5.92 Å². The van der Waals surface area contributed by atoms with Crippen molar-refractivity contribution in [3.63, 3.8) is 0 Å². The van der Waals surface area contributed by atoms with E-state index < -0.39 is 0 Å². The normalized spacial score (nSPS) is 35.1. The average Bonchev–Trinajstić information content (AvgIpc) is 2.33. The van der Waals surface area contributed by atoms with Gasteiger partial charge in [-0.15, -0.1) is 0 Å². The maximum atomic E-state index is 10.5. The van der Waals surface area contributed by atoms with Gasteiger partial charge >= 0.3 is 0 Å². The first kappa shape index (κ1) is 3.42. The molecule has 0 aromatic heterocycles. The van der Waals surface area contributed by atoms with Crippen molar-refractivity contribution in [3.05, 3.63) is 11.6 Å². The Morgan fingerprint density at radius 3 is 2.71 bits per heavy atom. The molecule has 1 heteroatoms. The van der Waals surface area contributed by atoms with Gasteiger partial charge in [0.2, 0.25) is 0 Å². The zero-order valence-electron chi connectivity index (χ0n) is 3.98. The summed E-state index contributed by atoms with van der Waals surface area (Å²) >= 11 is 0. The predicted octanol–water partition coefficient (Wildman–Crippen LogP) is 0.905. The summed E-state index contributed by atoms with van der Waals surface area (Å²) in [6.45, 7) is 0. The fourth-order valence-electron chi connectivity index (χ4n) is 1.14. The summed E-state index contributed by atoms with van der Waals surface area (Å²) in [4.78, 5) is 10.5. The molecule has 1 nitrogen and oxygen atoms in total. The van der Waals surface area contributed by atoms with Crippen LogP contribution in [0.1, 0.15) is 12.8 Å². The Balaban J connectivity index is 2.34. The van der Waals surface area contributed by atoms with Crippen molar-refractivity contribution in [2.45, 2.75) is 12.8 Å². The Morgan fingerprint density at radius 2 is 2.57 bits per heavy atom. The van der Waals surface area contributed by atoms with Crippen molar-refractivity contribution in [3.8, 4) is 0 Å². The van der Waals surface area contributed by atoms with E-state index in [1.807, 2.05) is 0 Å². The van der Waals surface area contributed by atoms with E-state index in [9.17, 15) is 4.79 Å². The van der Waals surface area contributed by atoms with Gasteiger partial charge in [-0.05, 0) is 12.0 Å². The van der Waals surface area contributed by atoms with Crippen molar-refractivity contribution in [2.75, 3.05) is 0 Å². The Labute approximate surface area is 42.0 Å². The van der Waals surface area contributed by atoms with Crippen LogP contribution in [0.25, 0.3) is 0 Å². The van der Waals surface area contributed by atoms with Crippen LogP contribution >= 0.6 is 0 Å². The minimum atomic E-state index is 0.394. The molecule has 0 aromatic rings. The van der Waals surface area contributed by atoms with Crippen molar-refractivity contribution >= 4 is 5.78 Å². The maximum absolute atomic E-state index is 10.5. The lowest BCUT2D eigenvalue weighted by Crippen LogP contribution is -1.83. The predicted molar refractivity (Wildman–Crippen MR) is 25.8 cm³/mol. The lowest BCUT2D eigenvalue weighted by molar-refractivity contribution is -0.114. The fourth-order valence-corrected chi connectivity index (χ4v) is 1.14. The molecule has 0 spiro atoms. The number of carbonyl (C=O) groups is 1. The first-order valence-electron chi connectivity index (χ1n) is 2.63. The summed E-state index contributed by atoms with van der Waals surface area (Å²) < 4.78 is 0. The second-order valence-corrected chi connectivity index (χ2v) is 2.19. The molecular formula is C6H6O. The number of Topliss-reactive ketones (excluding diaryl/α,β-unsaturated/α-hetero) is 1. The molecule has 1 saturated carbocycles. The molecule has 2 aliphatic carbocycles. The molecule has 0 aliphatic heterocycles. The van der Waals surface area contributed by atoms with E-state index in [-0.39, 0.29) is 0 Å². The third-order valence-electron chi connectivity index (χ3n) is 1.68. The second-order valence-electron chi connectivity index (χ2n) is 2.19. The van der Waals surface area contributed by atoms with Crippen LogP contribution in [0.2, 0.25) is 0 Å². The smallest absolute Gasteiger partial charge is 0.159 e. The van der Waals surface area contributed by atoms with Crippen LogP contribution in [0.3, 0.4) is 0 Å². The summed E-state index contributed by atoms with van der Waals surface area (Å²) in [6, 6.07) is 0. The molecule has 2 rings (SSSR count).